The molecule has 0 aliphatic carbocycles. The lowest BCUT2D eigenvalue weighted by atomic mass is 10.0. The van der Waals surface area contributed by atoms with Crippen LogP contribution in [0.5, 0.6) is 5.75 Å². The predicted octanol–water partition coefficient (Wildman–Crippen LogP) is 4.18. The van der Waals surface area contributed by atoms with Gasteiger partial charge >= 0.3 is 5.97 Å². The number of carbonyl (C=O) groups is 3. The van der Waals surface area contributed by atoms with Gasteiger partial charge in [0.1, 0.15) is 5.75 Å². The van der Waals surface area contributed by atoms with E-state index in [1.165, 1.54) is 6.92 Å². The van der Waals surface area contributed by atoms with E-state index in [1.54, 1.807) is 60.7 Å². The third kappa shape index (κ3) is 6.27. The second-order valence-corrected chi connectivity index (χ2v) is 7.00. The van der Waals surface area contributed by atoms with Crippen molar-refractivity contribution in [3.8, 4) is 5.75 Å². The Bertz CT molecular complexity index is 1040. The minimum absolute atomic E-state index is 0.0972. The molecule has 6 heteroatoms. The normalized spacial score (nSPS) is 11.3. The number of carbonyl (C=O) groups excluding carboxylic acids is 3. The van der Waals surface area contributed by atoms with Crippen molar-refractivity contribution in [3.05, 3.63) is 95.6 Å². The van der Waals surface area contributed by atoms with Gasteiger partial charge in [-0.3, -0.25) is 9.59 Å². The first-order chi connectivity index (χ1) is 14.9. The highest BCUT2D eigenvalue weighted by Crippen LogP contribution is 2.16. The zero-order valence-corrected chi connectivity index (χ0v) is 17.3. The molecule has 1 N–H and O–H groups in total. The maximum Gasteiger partial charge on any atom is 0.344 e. The summed E-state index contributed by atoms with van der Waals surface area (Å²) in [6.07, 6.45) is -0.969. The van der Waals surface area contributed by atoms with E-state index in [0.29, 0.717) is 22.6 Å². The molecule has 0 heterocycles. The summed E-state index contributed by atoms with van der Waals surface area (Å²) in [6.45, 7) is 3.09. The lowest BCUT2D eigenvalue weighted by Crippen LogP contribution is -2.31. The molecule has 0 aromatic heterocycles. The summed E-state index contributed by atoms with van der Waals surface area (Å²) < 4.78 is 10.5. The largest absolute Gasteiger partial charge is 0.482 e. The Morgan fingerprint density at radius 2 is 1.45 bits per heavy atom. The highest BCUT2D eigenvalue weighted by molar-refractivity contribution is 6.09. The van der Waals surface area contributed by atoms with E-state index in [0.717, 1.165) is 5.56 Å². The van der Waals surface area contributed by atoms with Crippen LogP contribution in [0.4, 0.5) is 5.69 Å². The molecular weight excluding hydrogens is 394 g/mol. The molecule has 0 saturated carbocycles. The molecule has 3 rings (SSSR count). The molecule has 0 aliphatic rings. The molecule has 0 fully saturated rings. The molecule has 0 radical (unpaired) electrons. The number of amides is 1. The van der Waals surface area contributed by atoms with Crippen molar-refractivity contribution in [3.63, 3.8) is 0 Å². The van der Waals surface area contributed by atoms with Crippen LogP contribution in [-0.2, 0) is 14.3 Å². The molecule has 1 atom stereocenters. The molecule has 0 aliphatic heterocycles. The van der Waals surface area contributed by atoms with Gasteiger partial charge in [-0.15, -0.1) is 0 Å². The van der Waals surface area contributed by atoms with Gasteiger partial charge in [0.15, 0.2) is 18.5 Å². The summed E-state index contributed by atoms with van der Waals surface area (Å²) in [4.78, 5) is 36.6. The van der Waals surface area contributed by atoms with Crippen LogP contribution in [-0.4, -0.2) is 30.4 Å². The lowest BCUT2D eigenvalue weighted by Gasteiger charge is -2.14. The fraction of sp³-hybridized carbons (Fsp3) is 0.160. The molecule has 0 spiro atoms. The van der Waals surface area contributed by atoms with Crippen molar-refractivity contribution < 1.29 is 23.9 Å². The Morgan fingerprint density at radius 1 is 0.839 bits per heavy atom. The van der Waals surface area contributed by atoms with Crippen molar-refractivity contribution >= 4 is 23.3 Å². The summed E-state index contributed by atoms with van der Waals surface area (Å²) in [5.41, 5.74) is 2.81. The minimum atomic E-state index is -0.969. The molecular formula is C25H23NO5. The monoisotopic (exact) mass is 417 g/mol. The van der Waals surface area contributed by atoms with Gasteiger partial charge in [0.05, 0.1) is 0 Å². The van der Waals surface area contributed by atoms with Gasteiger partial charge in [0.25, 0.3) is 5.91 Å². The summed E-state index contributed by atoms with van der Waals surface area (Å²) in [7, 11) is 0. The Balaban J connectivity index is 1.47. The average molecular weight is 417 g/mol. The van der Waals surface area contributed by atoms with Gasteiger partial charge in [0, 0.05) is 16.8 Å². The van der Waals surface area contributed by atoms with Crippen LogP contribution < -0.4 is 10.1 Å². The Kier molecular flexibility index (Phi) is 7.17. The first-order valence-corrected chi connectivity index (χ1v) is 9.82. The van der Waals surface area contributed by atoms with Crippen molar-refractivity contribution in [2.45, 2.75) is 20.0 Å². The third-order valence-electron chi connectivity index (χ3n) is 4.51. The standard InChI is InChI=1S/C25H23NO5/c1-17-8-12-21(13-9-17)26-25(29)18(2)31-23(27)16-30-22-14-10-20(11-15-22)24(28)19-6-4-3-5-7-19/h3-15,18H,16H2,1-2H3,(H,26,29)/t18-/m0/s1. The van der Waals surface area contributed by atoms with Crippen LogP contribution in [0.15, 0.2) is 78.9 Å². The van der Waals surface area contributed by atoms with E-state index in [9.17, 15) is 14.4 Å². The van der Waals surface area contributed by atoms with Gasteiger partial charge in [-0.25, -0.2) is 4.79 Å². The zero-order valence-electron chi connectivity index (χ0n) is 17.3. The van der Waals surface area contributed by atoms with Crippen molar-refractivity contribution in [1.82, 2.24) is 0 Å². The maximum atomic E-state index is 12.4. The SMILES string of the molecule is Cc1ccc(NC(=O)[C@H](C)OC(=O)COc2ccc(C(=O)c3ccccc3)cc2)cc1. The number of nitrogens with one attached hydrogen (secondary N) is 1. The van der Waals surface area contributed by atoms with Crippen LogP contribution >= 0.6 is 0 Å². The highest BCUT2D eigenvalue weighted by atomic mass is 16.6. The van der Waals surface area contributed by atoms with Crippen molar-refractivity contribution in [2.24, 2.45) is 0 Å². The van der Waals surface area contributed by atoms with E-state index >= 15 is 0 Å². The number of rotatable bonds is 8. The molecule has 6 nitrogen and oxygen atoms in total. The molecule has 0 saturated heterocycles. The Morgan fingerprint density at radius 3 is 2.10 bits per heavy atom. The second-order valence-electron chi connectivity index (χ2n) is 7.00. The summed E-state index contributed by atoms with van der Waals surface area (Å²) in [5.74, 6) is -0.782. The quantitative estimate of drug-likeness (QED) is 0.439. The second kappa shape index (κ2) is 10.2. The van der Waals surface area contributed by atoms with E-state index in [1.807, 2.05) is 25.1 Å². The van der Waals surface area contributed by atoms with Crippen LogP contribution in [0.25, 0.3) is 0 Å². The molecule has 31 heavy (non-hydrogen) atoms. The molecule has 0 bridgehead atoms. The minimum Gasteiger partial charge on any atom is -0.482 e. The number of anilines is 1. The number of hydrogen-bond acceptors (Lipinski definition) is 5. The number of ether oxygens (including phenoxy) is 2. The van der Waals surface area contributed by atoms with Gasteiger partial charge in [-0.05, 0) is 50.2 Å². The van der Waals surface area contributed by atoms with E-state index in [2.05, 4.69) is 5.32 Å². The van der Waals surface area contributed by atoms with Crippen LogP contribution in [0.1, 0.15) is 28.4 Å². The first-order valence-electron chi connectivity index (χ1n) is 9.82. The van der Waals surface area contributed by atoms with Crippen LogP contribution in [0.3, 0.4) is 0 Å². The predicted molar refractivity (Wildman–Crippen MR) is 117 cm³/mol. The van der Waals surface area contributed by atoms with E-state index in [-0.39, 0.29) is 12.4 Å². The topological polar surface area (TPSA) is 81.7 Å². The van der Waals surface area contributed by atoms with Gasteiger partial charge < -0.3 is 14.8 Å². The van der Waals surface area contributed by atoms with E-state index < -0.39 is 18.0 Å². The number of ketones is 1. The zero-order chi connectivity index (χ0) is 22.2. The van der Waals surface area contributed by atoms with Crippen molar-refractivity contribution in [2.75, 3.05) is 11.9 Å². The van der Waals surface area contributed by atoms with Crippen LogP contribution in [0.2, 0.25) is 0 Å². The number of esters is 1. The molecule has 3 aromatic rings. The molecule has 158 valence electrons. The average Bonchev–Trinajstić information content (AvgIpc) is 2.79. The van der Waals surface area contributed by atoms with Crippen molar-refractivity contribution in [1.29, 1.82) is 0 Å². The number of benzene rings is 3. The first kappa shape index (κ1) is 21.8. The molecule has 3 aromatic carbocycles. The summed E-state index contributed by atoms with van der Waals surface area (Å²) in [5, 5.41) is 2.69. The Labute approximate surface area is 180 Å². The maximum absolute atomic E-state index is 12.4. The number of aryl methyl sites for hydroxylation is 1. The fourth-order valence-corrected chi connectivity index (χ4v) is 2.77. The van der Waals surface area contributed by atoms with E-state index in [4.69, 9.17) is 9.47 Å². The summed E-state index contributed by atoms with van der Waals surface area (Å²) >= 11 is 0. The smallest absolute Gasteiger partial charge is 0.344 e. The van der Waals surface area contributed by atoms with Gasteiger partial charge in [-0.2, -0.15) is 0 Å². The number of hydrogen-bond donors (Lipinski definition) is 1. The van der Waals surface area contributed by atoms with Gasteiger partial charge in [0.2, 0.25) is 0 Å². The Hall–Kier alpha value is -3.93. The third-order valence-corrected chi connectivity index (χ3v) is 4.51. The molecule has 0 unspecified atom stereocenters. The molecule has 1 amide bonds. The van der Waals surface area contributed by atoms with Crippen LogP contribution in [0, 0.1) is 6.92 Å². The lowest BCUT2D eigenvalue weighted by molar-refractivity contribution is -0.155. The fourth-order valence-electron chi connectivity index (χ4n) is 2.77. The van der Waals surface area contributed by atoms with Gasteiger partial charge in [-0.1, -0.05) is 48.0 Å². The highest BCUT2D eigenvalue weighted by Gasteiger charge is 2.18. The summed E-state index contributed by atoms with van der Waals surface area (Å²) in [6, 6.07) is 22.7.